The highest BCUT2D eigenvalue weighted by Crippen LogP contribution is 2.30. The lowest BCUT2D eigenvalue weighted by atomic mass is 10.1. The molecular weight excluding hydrogens is 288 g/mol. The molecule has 3 atom stereocenters. The van der Waals surface area contributed by atoms with Gasteiger partial charge in [-0.2, -0.15) is 4.98 Å². The van der Waals surface area contributed by atoms with E-state index in [0.29, 0.717) is 12.0 Å². The molecule has 0 bridgehead atoms. The van der Waals surface area contributed by atoms with E-state index in [2.05, 4.69) is 15.0 Å². The summed E-state index contributed by atoms with van der Waals surface area (Å²) in [6, 6.07) is -0.509. The molecule has 1 aromatic heterocycles. The predicted molar refractivity (Wildman–Crippen MR) is 73.4 cm³/mol. The number of ether oxygens (including phenoxy) is 1. The van der Waals surface area contributed by atoms with Gasteiger partial charge in [-0.05, 0) is 12.5 Å². The molecule has 1 saturated heterocycles. The lowest BCUT2D eigenvalue weighted by Gasteiger charge is -2.15. The van der Waals surface area contributed by atoms with Crippen LogP contribution >= 0.6 is 12.4 Å². The van der Waals surface area contributed by atoms with Crippen molar-refractivity contribution in [3.05, 3.63) is 32.7 Å². The number of rotatable bonds is 3. The number of aliphatic hydroxyl groups excluding tert-OH is 1. The molecular formula is C10H15ClN6O3. The van der Waals surface area contributed by atoms with Crippen molar-refractivity contribution in [2.75, 3.05) is 12.3 Å². The van der Waals surface area contributed by atoms with Crippen LogP contribution in [0.3, 0.4) is 0 Å². The van der Waals surface area contributed by atoms with Gasteiger partial charge in [0.15, 0.2) is 0 Å². The molecule has 110 valence electrons. The second-order valence-electron chi connectivity index (χ2n) is 4.32. The van der Waals surface area contributed by atoms with Crippen molar-refractivity contribution in [1.29, 1.82) is 0 Å². The molecule has 2 rings (SSSR count). The van der Waals surface area contributed by atoms with E-state index in [1.807, 2.05) is 0 Å². The monoisotopic (exact) mass is 302 g/mol. The smallest absolute Gasteiger partial charge is 0.351 e. The van der Waals surface area contributed by atoms with E-state index in [9.17, 15) is 4.79 Å². The Morgan fingerprint density at radius 3 is 3.05 bits per heavy atom. The zero-order valence-corrected chi connectivity index (χ0v) is 11.5. The van der Waals surface area contributed by atoms with Crippen LogP contribution < -0.4 is 11.4 Å². The number of aryl methyl sites for hydroxylation is 1. The average Bonchev–Trinajstić information content (AvgIpc) is 2.77. The van der Waals surface area contributed by atoms with E-state index < -0.39 is 24.1 Å². The van der Waals surface area contributed by atoms with Gasteiger partial charge in [0.1, 0.15) is 12.0 Å². The third-order valence-corrected chi connectivity index (χ3v) is 3.07. The third kappa shape index (κ3) is 3.02. The minimum atomic E-state index is -0.620. The maximum absolute atomic E-state index is 11.8. The number of nitrogens with two attached hydrogens (primary N) is 1. The van der Waals surface area contributed by atoms with Gasteiger partial charge in [-0.1, -0.05) is 5.11 Å². The number of halogens is 1. The van der Waals surface area contributed by atoms with Gasteiger partial charge in [0.05, 0.1) is 18.8 Å². The Balaban J connectivity index is 0.00000200. The lowest BCUT2D eigenvalue weighted by molar-refractivity contribution is -0.0270. The maximum Gasteiger partial charge on any atom is 0.351 e. The molecule has 10 heteroatoms. The van der Waals surface area contributed by atoms with Crippen LogP contribution in [0.4, 0.5) is 5.82 Å². The largest absolute Gasteiger partial charge is 0.394 e. The molecule has 1 aliphatic rings. The van der Waals surface area contributed by atoms with E-state index in [1.54, 1.807) is 13.1 Å². The van der Waals surface area contributed by atoms with Gasteiger partial charge in [-0.25, -0.2) is 4.79 Å². The van der Waals surface area contributed by atoms with Crippen molar-refractivity contribution in [3.8, 4) is 0 Å². The fraction of sp³-hybridized carbons (Fsp3) is 0.600. The third-order valence-electron chi connectivity index (χ3n) is 3.07. The molecule has 3 N–H and O–H groups in total. The van der Waals surface area contributed by atoms with Gasteiger partial charge in [0, 0.05) is 23.1 Å². The summed E-state index contributed by atoms with van der Waals surface area (Å²) in [6.07, 6.45) is 0.611. The van der Waals surface area contributed by atoms with Crippen molar-refractivity contribution in [2.24, 2.45) is 5.11 Å². The van der Waals surface area contributed by atoms with Gasteiger partial charge < -0.3 is 15.6 Å². The second kappa shape index (κ2) is 6.58. The molecule has 0 aliphatic carbocycles. The molecule has 1 aliphatic heterocycles. The number of nitrogens with zero attached hydrogens (tertiary/aromatic N) is 5. The highest BCUT2D eigenvalue weighted by atomic mass is 35.5. The van der Waals surface area contributed by atoms with Crippen LogP contribution in [0.1, 0.15) is 18.2 Å². The Kier molecular flexibility index (Phi) is 5.34. The Bertz CT molecular complexity index is 585. The fourth-order valence-electron chi connectivity index (χ4n) is 2.02. The Hall–Kier alpha value is -1.80. The average molecular weight is 303 g/mol. The number of anilines is 1. The summed E-state index contributed by atoms with van der Waals surface area (Å²) in [5, 5.41) is 12.7. The van der Waals surface area contributed by atoms with E-state index in [-0.39, 0.29) is 24.8 Å². The van der Waals surface area contributed by atoms with Gasteiger partial charge in [-0.15, -0.1) is 12.4 Å². The molecule has 0 radical (unpaired) electrons. The zero-order chi connectivity index (χ0) is 14.0. The maximum atomic E-state index is 11.8. The lowest BCUT2D eigenvalue weighted by Crippen LogP contribution is -2.28. The molecule has 2 heterocycles. The van der Waals surface area contributed by atoms with Crippen LogP contribution in [0.5, 0.6) is 0 Å². The summed E-state index contributed by atoms with van der Waals surface area (Å²) in [5.41, 5.74) is 14.1. The summed E-state index contributed by atoms with van der Waals surface area (Å²) >= 11 is 0. The molecule has 0 amide bonds. The molecule has 20 heavy (non-hydrogen) atoms. The quantitative estimate of drug-likeness (QED) is 0.476. The number of aromatic nitrogens is 2. The summed E-state index contributed by atoms with van der Waals surface area (Å²) in [4.78, 5) is 18.2. The first-order valence-corrected chi connectivity index (χ1v) is 5.72. The molecule has 9 nitrogen and oxygen atoms in total. The predicted octanol–water partition coefficient (Wildman–Crippen LogP) is 0.514. The summed E-state index contributed by atoms with van der Waals surface area (Å²) in [5.74, 6) is 0.171. The van der Waals surface area contributed by atoms with Crippen LogP contribution in [0.15, 0.2) is 16.1 Å². The molecule has 0 spiro atoms. The van der Waals surface area contributed by atoms with Crippen molar-refractivity contribution in [2.45, 2.75) is 31.7 Å². The highest BCUT2D eigenvalue weighted by molar-refractivity contribution is 5.85. The van der Waals surface area contributed by atoms with E-state index in [1.165, 1.54) is 4.57 Å². The van der Waals surface area contributed by atoms with Crippen LogP contribution in [0.25, 0.3) is 10.4 Å². The van der Waals surface area contributed by atoms with Crippen LogP contribution in [0, 0.1) is 6.92 Å². The van der Waals surface area contributed by atoms with Crippen molar-refractivity contribution in [3.63, 3.8) is 0 Å². The van der Waals surface area contributed by atoms with Crippen LogP contribution in [-0.2, 0) is 4.74 Å². The van der Waals surface area contributed by atoms with Crippen LogP contribution in [-0.4, -0.2) is 33.4 Å². The number of hydrogen-bond acceptors (Lipinski definition) is 6. The first kappa shape index (κ1) is 16.3. The van der Waals surface area contributed by atoms with Gasteiger partial charge in [0.2, 0.25) is 0 Å². The molecule has 0 aromatic carbocycles. The molecule has 0 saturated carbocycles. The number of aliphatic hydroxyl groups is 1. The summed E-state index contributed by atoms with van der Waals surface area (Å²) in [6.45, 7) is 1.44. The molecule has 1 aromatic rings. The zero-order valence-electron chi connectivity index (χ0n) is 10.7. The Labute approximate surface area is 120 Å². The first-order chi connectivity index (χ1) is 9.06. The van der Waals surface area contributed by atoms with E-state index in [0.717, 1.165) is 0 Å². The number of nitrogen functional groups attached to an aromatic ring is 1. The number of azide groups is 1. The normalized spacial score (nSPS) is 24.8. The SMILES string of the molecule is Cc1cn([C@H]2C[C@H](N=[N+]=[N-])[C@@H](CO)O2)c(=O)nc1N.Cl. The minimum Gasteiger partial charge on any atom is -0.394 e. The van der Waals surface area contributed by atoms with Gasteiger partial charge >= 0.3 is 5.69 Å². The summed E-state index contributed by atoms with van der Waals surface area (Å²) in [7, 11) is 0. The first-order valence-electron chi connectivity index (χ1n) is 5.72. The van der Waals surface area contributed by atoms with Crippen molar-refractivity contribution in [1.82, 2.24) is 9.55 Å². The Morgan fingerprint density at radius 1 is 1.75 bits per heavy atom. The van der Waals surface area contributed by atoms with Gasteiger partial charge in [-0.3, -0.25) is 4.57 Å². The van der Waals surface area contributed by atoms with Crippen molar-refractivity contribution >= 4 is 18.2 Å². The Morgan fingerprint density at radius 2 is 2.45 bits per heavy atom. The van der Waals surface area contributed by atoms with Crippen LogP contribution in [0.2, 0.25) is 0 Å². The van der Waals surface area contributed by atoms with Gasteiger partial charge in [0.25, 0.3) is 0 Å². The molecule has 1 fully saturated rings. The topological polar surface area (TPSA) is 139 Å². The second-order valence-corrected chi connectivity index (χ2v) is 4.32. The van der Waals surface area contributed by atoms with E-state index in [4.69, 9.17) is 21.1 Å². The highest BCUT2D eigenvalue weighted by Gasteiger charge is 2.35. The van der Waals surface area contributed by atoms with Crippen molar-refractivity contribution < 1.29 is 9.84 Å². The number of hydrogen-bond donors (Lipinski definition) is 2. The fourth-order valence-corrected chi connectivity index (χ4v) is 2.02. The summed E-state index contributed by atoms with van der Waals surface area (Å²) < 4.78 is 6.80. The van der Waals surface area contributed by atoms with E-state index >= 15 is 0 Å². The molecule has 0 unspecified atom stereocenters. The minimum absolute atomic E-state index is 0. The standard InChI is InChI=1S/C10H14N6O3.ClH/c1-5-3-16(10(18)13-9(5)11)8-2-6(14-15-12)7(4-17)19-8;/h3,6-8,17H,2,4H2,1H3,(H2,11,13,18);1H/t6-,7+,8+;/m0./s1.